The molecule has 0 saturated heterocycles. The number of nitrogens with zero attached hydrogens (tertiary/aromatic N) is 2. The van der Waals surface area contributed by atoms with Crippen molar-refractivity contribution in [2.45, 2.75) is 46.1 Å². The molecule has 4 nitrogen and oxygen atoms in total. The van der Waals surface area contributed by atoms with Crippen LogP contribution in [0.1, 0.15) is 56.6 Å². The first-order valence-electron chi connectivity index (χ1n) is 7.25. The summed E-state index contributed by atoms with van der Waals surface area (Å²) in [6, 6.07) is 7.93. The van der Waals surface area contributed by atoms with Gasteiger partial charge in [0.25, 0.3) is 0 Å². The standard InChI is InChI=1S/C17H22N2O2/c1-11(2)13-6-5-7-14(8-13)21-16-9-18-17(12(3)4)19-15(16)10-20/h5-9,11-12,20H,10H2,1-4H3. The van der Waals surface area contributed by atoms with Gasteiger partial charge in [-0.25, -0.2) is 9.97 Å². The molecule has 0 aliphatic heterocycles. The minimum absolute atomic E-state index is 0.165. The van der Waals surface area contributed by atoms with E-state index in [2.05, 4.69) is 29.9 Å². The van der Waals surface area contributed by atoms with Gasteiger partial charge < -0.3 is 9.84 Å². The van der Waals surface area contributed by atoms with E-state index in [4.69, 9.17) is 4.74 Å². The summed E-state index contributed by atoms with van der Waals surface area (Å²) in [6.07, 6.45) is 1.63. The number of hydrogen-bond donors (Lipinski definition) is 1. The molecule has 112 valence electrons. The maximum absolute atomic E-state index is 9.48. The highest BCUT2D eigenvalue weighted by atomic mass is 16.5. The molecule has 0 fully saturated rings. The molecular weight excluding hydrogens is 264 g/mol. The Balaban J connectivity index is 2.28. The monoisotopic (exact) mass is 286 g/mol. The Kier molecular flexibility index (Phi) is 4.91. The molecule has 2 aromatic rings. The fraction of sp³-hybridized carbons (Fsp3) is 0.412. The second-order valence-electron chi connectivity index (χ2n) is 5.68. The Labute approximate surface area is 125 Å². The van der Waals surface area contributed by atoms with Crippen LogP contribution >= 0.6 is 0 Å². The molecule has 0 saturated carbocycles. The van der Waals surface area contributed by atoms with E-state index in [1.807, 2.05) is 32.0 Å². The first-order chi connectivity index (χ1) is 10.0. The van der Waals surface area contributed by atoms with Gasteiger partial charge in [-0.15, -0.1) is 0 Å². The molecule has 4 heteroatoms. The first-order valence-corrected chi connectivity index (χ1v) is 7.25. The summed E-state index contributed by atoms with van der Waals surface area (Å²) in [6.45, 7) is 8.14. The van der Waals surface area contributed by atoms with E-state index in [0.717, 1.165) is 5.75 Å². The third kappa shape index (κ3) is 3.79. The van der Waals surface area contributed by atoms with Gasteiger partial charge >= 0.3 is 0 Å². The van der Waals surface area contributed by atoms with Gasteiger partial charge in [0.2, 0.25) is 0 Å². The van der Waals surface area contributed by atoms with E-state index < -0.39 is 0 Å². The van der Waals surface area contributed by atoms with E-state index in [-0.39, 0.29) is 12.5 Å². The zero-order valence-electron chi connectivity index (χ0n) is 13.0. The van der Waals surface area contributed by atoms with Gasteiger partial charge in [-0.05, 0) is 23.6 Å². The van der Waals surface area contributed by atoms with Crippen LogP contribution in [-0.4, -0.2) is 15.1 Å². The van der Waals surface area contributed by atoms with Crippen LogP contribution in [0.15, 0.2) is 30.5 Å². The zero-order chi connectivity index (χ0) is 15.4. The third-order valence-electron chi connectivity index (χ3n) is 3.27. The molecule has 0 radical (unpaired) electrons. The number of hydrogen-bond acceptors (Lipinski definition) is 4. The molecule has 1 aromatic heterocycles. The Morgan fingerprint density at radius 3 is 2.52 bits per heavy atom. The summed E-state index contributed by atoms with van der Waals surface area (Å²) in [7, 11) is 0. The van der Waals surface area contributed by atoms with Crippen molar-refractivity contribution in [3.63, 3.8) is 0 Å². The predicted molar refractivity (Wildman–Crippen MR) is 82.6 cm³/mol. The van der Waals surface area contributed by atoms with Crippen molar-refractivity contribution in [2.75, 3.05) is 0 Å². The van der Waals surface area contributed by atoms with Crippen molar-refractivity contribution >= 4 is 0 Å². The van der Waals surface area contributed by atoms with Gasteiger partial charge in [0.15, 0.2) is 5.75 Å². The van der Waals surface area contributed by atoms with E-state index in [1.54, 1.807) is 6.20 Å². The van der Waals surface area contributed by atoms with Crippen LogP contribution in [0.25, 0.3) is 0 Å². The molecular formula is C17H22N2O2. The SMILES string of the molecule is CC(C)c1cccc(Oc2cnc(C(C)C)nc2CO)c1. The Hall–Kier alpha value is -1.94. The molecule has 0 bridgehead atoms. The van der Waals surface area contributed by atoms with Gasteiger partial charge in [0.1, 0.15) is 17.3 Å². The molecule has 0 aliphatic carbocycles. The van der Waals surface area contributed by atoms with Crippen molar-refractivity contribution in [3.05, 3.63) is 47.5 Å². The molecule has 1 aromatic carbocycles. The Morgan fingerprint density at radius 1 is 1.14 bits per heavy atom. The highest BCUT2D eigenvalue weighted by Gasteiger charge is 2.11. The molecule has 0 aliphatic rings. The smallest absolute Gasteiger partial charge is 0.169 e. The second kappa shape index (κ2) is 6.68. The molecule has 0 spiro atoms. The number of aliphatic hydroxyl groups is 1. The third-order valence-corrected chi connectivity index (χ3v) is 3.27. The lowest BCUT2D eigenvalue weighted by atomic mass is 10.0. The van der Waals surface area contributed by atoms with Crippen LogP contribution < -0.4 is 4.74 Å². The lowest BCUT2D eigenvalue weighted by Gasteiger charge is -2.13. The van der Waals surface area contributed by atoms with Crippen molar-refractivity contribution in [1.29, 1.82) is 0 Å². The molecule has 0 atom stereocenters. The van der Waals surface area contributed by atoms with Crippen molar-refractivity contribution in [1.82, 2.24) is 9.97 Å². The van der Waals surface area contributed by atoms with Crippen LogP contribution in [0.4, 0.5) is 0 Å². The fourth-order valence-corrected chi connectivity index (χ4v) is 1.96. The summed E-state index contributed by atoms with van der Waals surface area (Å²) in [5, 5.41) is 9.48. The van der Waals surface area contributed by atoms with E-state index in [1.165, 1.54) is 5.56 Å². The highest BCUT2D eigenvalue weighted by Crippen LogP contribution is 2.27. The fourth-order valence-electron chi connectivity index (χ4n) is 1.96. The molecule has 2 rings (SSSR count). The topological polar surface area (TPSA) is 55.2 Å². The predicted octanol–water partition coefficient (Wildman–Crippen LogP) is 4.01. The normalized spacial score (nSPS) is 11.2. The quantitative estimate of drug-likeness (QED) is 0.902. The summed E-state index contributed by atoms with van der Waals surface area (Å²) in [4.78, 5) is 8.65. The summed E-state index contributed by atoms with van der Waals surface area (Å²) >= 11 is 0. The summed E-state index contributed by atoms with van der Waals surface area (Å²) in [5.74, 6) is 2.60. The first kappa shape index (κ1) is 15.4. The van der Waals surface area contributed by atoms with E-state index in [0.29, 0.717) is 23.2 Å². The van der Waals surface area contributed by atoms with Gasteiger partial charge in [-0.1, -0.05) is 39.8 Å². The Morgan fingerprint density at radius 2 is 1.90 bits per heavy atom. The minimum Gasteiger partial charge on any atom is -0.454 e. The van der Waals surface area contributed by atoms with Crippen LogP contribution in [-0.2, 0) is 6.61 Å². The number of rotatable bonds is 5. The zero-order valence-corrected chi connectivity index (χ0v) is 13.0. The second-order valence-corrected chi connectivity index (χ2v) is 5.68. The van der Waals surface area contributed by atoms with E-state index >= 15 is 0 Å². The average molecular weight is 286 g/mol. The number of ether oxygens (including phenoxy) is 1. The largest absolute Gasteiger partial charge is 0.454 e. The molecule has 21 heavy (non-hydrogen) atoms. The van der Waals surface area contributed by atoms with Gasteiger partial charge in [0, 0.05) is 5.92 Å². The lowest BCUT2D eigenvalue weighted by Crippen LogP contribution is -2.03. The minimum atomic E-state index is -0.165. The van der Waals surface area contributed by atoms with Gasteiger partial charge in [0.05, 0.1) is 12.8 Å². The van der Waals surface area contributed by atoms with Crippen LogP contribution in [0, 0.1) is 0 Å². The van der Waals surface area contributed by atoms with Crippen LogP contribution in [0.5, 0.6) is 11.5 Å². The summed E-state index contributed by atoms with van der Waals surface area (Å²) < 4.78 is 5.84. The van der Waals surface area contributed by atoms with Crippen LogP contribution in [0.2, 0.25) is 0 Å². The van der Waals surface area contributed by atoms with E-state index in [9.17, 15) is 5.11 Å². The molecule has 0 amide bonds. The summed E-state index contributed by atoms with van der Waals surface area (Å²) in [5.41, 5.74) is 1.72. The number of aromatic nitrogens is 2. The van der Waals surface area contributed by atoms with Crippen LogP contribution in [0.3, 0.4) is 0 Å². The number of aliphatic hydroxyl groups excluding tert-OH is 1. The van der Waals surface area contributed by atoms with Crippen molar-refractivity contribution in [2.24, 2.45) is 0 Å². The average Bonchev–Trinajstić information content (AvgIpc) is 2.47. The maximum Gasteiger partial charge on any atom is 0.169 e. The molecule has 0 unspecified atom stereocenters. The lowest BCUT2D eigenvalue weighted by molar-refractivity contribution is 0.269. The highest BCUT2D eigenvalue weighted by molar-refractivity contribution is 5.36. The maximum atomic E-state index is 9.48. The van der Waals surface area contributed by atoms with Gasteiger partial charge in [-0.3, -0.25) is 0 Å². The van der Waals surface area contributed by atoms with Gasteiger partial charge in [-0.2, -0.15) is 0 Å². The molecule has 1 heterocycles. The number of benzene rings is 1. The Bertz CT molecular complexity index is 609. The van der Waals surface area contributed by atoms with Crippen molar-refractivity contribution < 1.29 is 9.84 Å². The molecule has 1 N–H and O–H groups in total. The van der Waals surface area contributed by atoms with Crippen molar-refractivity contribution in [3.8, 4) is 11.5 Å².